The minimum Gasteiger partial charge on any atom is -0.350 e. The van der Waals surface area contributed by atoms with Gasteiger partial charge in [0.15, 0.2) is 0 Å². The zero-order valence-corrected chi connectivity index (χ0v) is 12.5. The molecule has 1 aliphatic carbocycles. The van der Waals surface area contributed by atoms with Crippen molar-refractivity contribution in [2.75, 3.05) is 6.54 Å². The fourth-order valence-corrected chi connectivity index (χ4v) is 2.53. The van der Waals surface area contributed by atoms with Crippen molar-refractivity contribution >= 4 is 5.91 Å². The lowest BCUT2D eigenvalue weighted by atomic mass is 9.97. The second-order valence-electron chi connectivity index (χ2n) is 6.39. The summed E-state index contributed by atoms with van der Waals surface area (Å²) in [6, 6.07) is 0.517. The maximum atomic E-state index is 11.9. The molecule has 1 rings (SSSR count). The molecular weight excluding hydrogens is 224 g/mol. The van der Waals surface area contributed by atoms with Gasteiger partial charge in [-0.05, 0) is 39.0 Å². The quantitative estimate of drug-likeness (QED) is 0.741. The Labute approximate surface area is 112 Å². The molecule has 0 heterocycles. The van der Waals surface area contributed by atoms with Gasteiger partial charge in [0.1, 0.15) is 0 Å². The third-order valence-electron chi connectivity index (χ3n) is 4.25. The van der Waals surface area contributed by atoms with E-state index in [1.165, 1.54) is 32.1 Å². The van der Waals surface area contributed by atoms with Crippen LogP contribution in [-0.4, -0.2) is 24.0 Å². The van der Waals surface area contributed by atoms with E-state index in [1.54, 1.807) is 0 Å². The highest BCUT2D eigenvalue weighted by molar-refractivity contribution is 5.78. The molecule has 3 nitrogen and oxygen atoms in total. The molecule has 1 aliphatic rings. The zero-order valence-electron chi connectivity index (χ0n) is 12.5. The van der Waals surface area contributed by atoms with E-state index < -0.39 is 0 Å². The Morgan fingerprint density at radius 1 is 1.22 bits per heavy atom. The van der Waals surface area contributed by atoms with Gasteiger partial charge in [0, 0.05) is 11.6 Å². The molecule has 1 fully saturated rings. The second kappa shape index (κ2) is 7.13. The Balaban J connectivity index is 2.32. The van der Waals surface area contributed by atoms with Gasteiger partial charge >= 0.3 is 0 Å². The number of nitrogens with one attached hydrogen (secondary N) is 2. The van der Waals surface area contributed by atoms with E-state index in [1.807, 2.05) is 0 Å². The van der Waals surface area contributed by atoms with Gasteiger partial charge < -0.3 is 10.6 Å². The number of carbonyl (C=O) groups excluding carboxylic acids is 1. The first-order valence-electron chi connectivity index (χ1n) is 7.49. The van der Waals surface area contributed by atoms with E-state index in [2.05, 4.69) is 38.3 Å². The van der Waals surface area contributed by atoms with E-state index in [-0.39, 0.29) is 11.4 Å². The molecule has 0 aromatic rings. The third kappa shape index (κ3) is 5.38. The summed E-state index contributed by atoms with van der Waals surface area (Å²) >= 11 is 0. The topological polar surface area (TPSA) is 41.1 Å². The molecule has 0 radical (unpaired) electrons. The maximum absolute atomic E-state index is 11.9. The molecule has 0 saturated heterocycles. The maximum Gasteiger partial charge on any atom is 0.234 e. The normalized spacial score (nSPS) is 25.6. The van der Waals surface area contributed by atoms with Gasteiger partial charge in [-0.25, -0.2) is 0 Å². The van der Waals surface area contributed by atoms with Crippen molar-refractivity contribution in [3.63, 3.8) is 0 Å². The minimum absolute atomic E-state index is 0.0895. The van der Waals surface area contributed by atoms with Crippen molar-refractivity contribution in [2.24, 2.45) is 5.92 Å². The molecule has 0 aromatic carbocycles. The lowest BCUT2D eigenvalue weighted by Gasteiger charge is -2.27. The van der Waals surface area contributed by atoms with E-state index in [4.69, 9.17) is 0 Å². The van der Waals surface area contributed by atoms with Gasteiger partial charge in [0.2, 0.25) is 5.91 Å². The van der Waals surface area contributed by atoms with Gasteiger partial charge in [0.05, 0.1) is 6.54 Å². The lowest BCUT2D eigenvalue weighted by Crippen LogP contribution is -2.48. The average Bonchev–Trinajstić information content (AvgIpc) is 2.51. The smallest absolute Gasteiger partial charge is 0.234 e. The fraction of sp³-hybridized carbons (Fsp3) is 0.933. The number of hydrogen-bond donors (Lipinski definition) is 2. The Morgan fingerprint density at radius 3 is 2.56 bits per heavy atom. The molecule has 18 heavy (non-hydrogen) atoms. The summed E-state index contributed by atoms with van der Waals surface area (Å²) < 4.78 is 0. The molecule has 106 valence electrons. The van der Waals surface area contributed by atoms with Crippen LogP contribution in [0.2, 0.25) is 0 Å². The van der Waals surface area contributed by atoms with Crippen molar-refractivity contribution in [1.29, 1.82) is 0 Å². The van der Waals surface area contributed by atoms with E-state index >= 15 is 0 Å². The fourth-order valence-electron chi connectivity index (χ4n) is 2.53. The van der Waals surface area contributed by atoms with Gasteiger partial charge in [-0.2, -0.15) is 0 Å². The molecular formula is C15H30N2O. The van der Waals surface area contributed by atoms with E-state index in [0.717, 1.165) is 6.42 Å². The average molecular weight is 254 g/mol. The van der Waals surface area contributed by atoms with Crippen molar-refractivity contribution < 1.29 is 4.79 Å². The van der Waals surface area contributed by atoms with Crippen molar-refractivity contribution in [1.82, 2.24) is 10.6 Å². The molecule has 0 aliphatic heterocycles. The Morgan fingerprint density at radius 2 is 1.89 bits per heavy atom. The molecule has 0 spiro atoms. The van der Waals surface area contributed by atoms with E-state index in [9.17, 15) is 4.79 Å². The van der Waals surface area contributed by atoms with E-state index in [0.29, 0.717) is 18.5 Å². The summed E-state index contributed by atoms with van der Waals surface area (Å²) in [4.78, 5) is 11.9. The molecule has 0 aromatic heterocycles. The van der Waals surface area contributed by atoms with Crippen molar-refractivity contribution in [3.05, 3.63) is 0 Å². The Kier molecular flexibility index (Phi) is 6.13. The number of amides is 1. The standard InChI is InChI=1S/C15H30N2O/c1-5-15(3,4)17-14(18)11-16-13-10-8-6-7-9-12(13)2/h12-13,16H,5-11H2,1-4H3,(H,17,18). The SMILES string of the molecule is CCC(C)(C)NC(=O)CNC1CCCCCC1C. The summed E-state index contributed by atoms with van der Waals surface area (Å²) in [5.74, 6) is 0.817. The first-order chi connectivity index (χ1) is 8.44. The van der Waals surface area contributed by atoms with Crippen molar-refractivity contribution in [2.45, 2.75) is 77.8 Å². The summed E-state index contributed by atoms with van der Waals surface area (Å²) in [6.45, 7) is 8.99. The summed E-state index contributed by atoms with van der Waals surface area (Å²) in [5.41, 5.74) is -0.0895. The van der Waals surface area contributed by atoms with Gasteiger partial charge in [0.25, 0.3) is 0 Å². The molecule has 1 saturated carbocycles. The van der Waals surface area contributed by atoms with Gasteiger partial charge in [-0.1, -0.05) is 33.1 Å². The molecule has 1 amide bonds. The van der Waals surface area contributed by atoms with Crippen molar-refractivity contribution in [3.8, 4) is 0 Å². The first kappa shape index (κ1) is 15.5. The summed E-state index contributed by atoms with van der Waals surface area (Å²) in [7, 11) is 0. The van der Waals surface area contributed by atoms with Gasteiger partial charge in [-0.15, -0.1) is 0 Å². The van der Waals surface area contributed by atoms with Gasteiger partial charge in [-0.3, -0.25) is 4.79 Å². The number of carbonyl (C=O) groups is 1. The molecule has 2 atom stereocenters. The van der Waals surface area contributed by atoms with Crippen LogP contribution in [0.1, 0.15) is 66.2 Å². The Hall–Kier alpha value is -0.570. The highest BCUT2D eigenvalue weighted by atomic mass is 16.2. The predicted octanol–water partition coefficient (Wildman–Crippen LogP) is 2.85. The van der Waals surface area contributed by atoms with Crippen LogP contribution in [-0.2, 0) is 4.79 Å². The van der Waals surface area contributed by atoms with Crippen LogP contribution < -0.4 is 10.6 Å². The largest absolute Gasteiger partial charge is 0.350 e. The highest BCUT2D eigenvalue weighted by Crippen LogP contribution is 2.22. The summed E-state index contributed by atoms with van der Waals surface area (Å²) in [6.07, 6.45) is 7.44. The monoisotopic (exact) mass is 254 g/mol. The number of hydrogen-bond acceptors (Lipinski definition) is 2. The molecule has 0 bridgehead atoms. The first-order valence-corrected chi connectivity index (χ1v) is 7.49. The lowest BCUT2D eigenvalue weighted by molar-refractivity contribution is -0.122. The van der Waals surface area contributed by atoms with Crippen LogP contribution in [0.15, 0.2) is 0 Å². The molecule has 3 heteroatoms. The van der Waals surface area contributed by atoms with Crippen LogP contribution in [0.3, 0.4) is 0 Å². The minimum atomic E-state index is -0.0895. The van der Waals surface area contributed by atoms with Crippen LogP contribution >= 0.6 is 0 Å². The molecule has 2 N–H and O–H groups in total. The predicted molar refractivity (Wildman–Crippen MR) is 76.6 cm³/mol. The third-order valence-corrected chi connectivity index (χ3v) is 4.25. The van der Waals surface area contributed by atoms with Crippen LogP contribution in [0, 0.1) is 5.92 Å². The zero-order chi connectivity index (χ0) is 13.6. The molecule has 2 unspecified atom stereocenters. The Bertz CT molecular complexity index is 263. The second-order valence-corrected chi connectivity index (χ2v) is 6.39. The number of rotatable bonds is 5. The highest BCUT2D eigenvalue weighted by Gasteiger charge is 2.22. The van der Waals surface area contributed by atoms with Crippen LogP contribution in [0.4, 0.5) is 0 Å². The van der Waals surface area contributed by atoms with Crippen LogP contribution in [0.25, 0.3) is 0 Å². The van der Waals surface area contributed by atoms with Crippen LogP contribution in [0.5, 0.6) is 0 Å². The summed E-state index contributed by atoms with van der Waals surface area (Å²) in [5, 5.41) is 6.52.